The van der Waals surface area contributed by atoms with E-state index in [4.69, 9.17) is 23.7 Å². The van der Waals surface area contributed by atoms with Gasteiger partial charge in [0.1, 0.15) is 35.3 Å². The van der Waals surface area contributed by atoms with Crippen molar-refractivity contribution in [2.45, 2.75) is 102 Å². The lowest BCUT2D eigenvalue weighted by Gasteiger charge is -2.44. The number of nitrogens with one attached hydrogen (secondary N) is 4. The number of anilines is 2. The Morgan fingerprint density at radius 3 is 2.22 bits per heavy atom. The molecule has 3 amide bonds. The fourth-order valence-electron chi connectivity index (χ4n) is 7.58. The summed E-state index contributed by atoms with van der Waals surface area (Å²) in [4.78, 5) is 56.4. The van der Waals surface area contributed by atoms with E-state index in [1.54, 1.807) is 43.9 Å². The topological polar surface area (TPSA) is 191 Å². The average Bonchev–Trinajstić information content (AvgIpc) is 3.60. The second-order valence-corrected chi connectivity index (χ2v) is 17.1. The molecule has 1 aliphatic heterocycles. The molecule has 1 saturated heterocycles. The standard InChI is InChI=1S/C44H64F3N9O8/c1-29(2)55(6)31-11-13-37(56-17-14-35(41(56)58)53-39-32-26-30(44(45,46)47)10-12-33(32)50-28-51-39)36(27-31)54-40(57)34-8-7-9-38(52-34)48-15-18-60-20-22-62-24-25-63-23-21-61-19-16-49-42(59)64-43(3,4)5/h7-10,12,26,28-29,31,35-37H,11,13-25,27H2,1-6H3,(H,48,52)(H,49,59)(H,54,57)(H,50,51,53)/t31-,35+,36-,37+/m1/s1. The molecule has 2 aromatic heterocycles. The van der Waals surface area contributed by atoms with Gasteiger partial charge in [0.25, 0.3) is 5.91 Å². The molecular formula is C44H64F3N9O8. The quantitative estimate of drug-likeness (QED) is 0.0918. The Kier molecular flexibility index (Phi) is 18.7. The number of fused-ring (bicyclic) bond motifs is 1. The maximum absolute atomic E-state index is 14.0. The largest absolute Gasteiger partial charge is 0.444 e. The first-order chi connectivity index (χ1) is 30.5. The van der Waals surface area contributed by atoms with Gasteiger partial charge in [-0.15, -0.1) is 0 Å². The molecule has 3 heterocycles. The number of amides is 3. The van der Waals surface area contributed by atoms with Crippen LogP contribution in [-0.4, -0.2) is 158 Å². The highest BCUT2D eigenvalue weighted by Crippen LogP contribution is 2.34. The fraction of sp³-hybridized carbons (Fsp3) is 0.636. The number of carbonyl (C=O) groups is 3. The summed E-state index contributed by atoms with van der Waals surface area (Å²) in [6.45, 7) is 14.0. The Labute approximate surface area is 372 Å². The highest BCUT2D eigenvalue weighted by Gasteiger charge is 2.43. The van der Waals surface area contributed by atoms with Crippen LogP contribution < -0.4 is 21.3 Å². The summed E-state index contributed by atoms with van der Waals surface area (Å²) in [5.41, 5.74) is -0.823. The molecular weight excluding hydrogens is 840 g/mol. The number of alkyl halides is 3. The second kappa shape index (κ2) is 23.9. The van der Waals surface area contributed by atoms with Crippen molar-refractivity contribution in [2.75, 3.05) is 90.2 Å². The molecule has 2 aliphatic rings. The van der Waals surface area contributed by atoms with Crippen LogP contribution in [0.4, 0.5) is 29.6 Å². The molecule has 0 unspecified atom stereocenters. The zero-order valence-electron chi connectivity index (χ0n) is 37.7. The van der Waals surface area contributed by atoms with Gasteiger partial charge in [-0.05, 0) is 97.7 Å². The van der Waals surface area contributed by atoms with Crippen LogP contribution in [-0.2, 0) is 34.7 Å². The number of likely N-dealkylation sites (tertiary alicyclic amines) is 1. The zero-order valence-corrected chi connectivity index (χ0v) is 37.7. The van der Waals surface area contributed by atoms with Crippen LogP contribution in [0.1, 0.15) is 76.4 Å². The lowest BCUT2D eigenvalue weighted by Crippen LogP contribution is -2.58. The third-order valence-electron chi connectivity index (χ3n) is 11.0. The first-order valence-corrected chi connectivity index (χ1v) is 21.9. The van der Waals surface area contributed by atoms with Crippen LogP contribution in [0.15, 0.2) is 42.7 Å². The molecule has 2 fully saturated rings. The van der Waals surface area contributed by atoms with E-state index < -0.39 is 29.5 Å². The number of hydrogen-bond donors (Lipinski definition) is 4. The zero-order chi connectivity index (χ0) is 46.3. The van der Waals surface area contributed by atoms with Gasteiger partial charge in [-0.3, -0.25) is 9.59 Å². The Morgan fingerprint density at radius 1 is 0.891 bits per heavy atom. The van der Waals surface area contributed by atoms with Gasteiger partial charge >= 0.3 is 12.3 Å². The van der Waals surface area contributed by atoms with Crippen molar-refractivity contribution in [3.05, 3.63) is 54.0 Å². The van der Waals surface area contributed by atoms with Crippen LogP contribution in [0.25, 0.3) is 10.9 Å². The van der Waals surface area contributed by atoms with Crippen molar-refractivity contribution in [1.29, 1.82) is 0 Å². The van der Waals surface area contributed by atoms with E-state index in [1.807, 2.05) is 0 Å². The number of benzene rings is 1. The average molecular weight is 904 g/mol. The van der Waals surface area contributed by atoms with Crippen molar-refractivity contribution in [1.82, 2.24) is 35.4 Å². The molecule has 1 aromatic carbocycles. The molecule has 0 radical (unpaired) electrons. The molecule has 354 valence electrons. The summed E-state index contributed by atoms with van der Waals surface area (Å²) in [7, 11) is 2.06. The van der Waals surface area contributed by atoms with Crippen LogP contribution in [0, 0.1) is 0 Å². The van der Waals surface area contributed by atoms with Gasteiger partial charge in [0.05, 0.1) is 76.0 Å². The number of hydrogen-bond acceptors (Lipinski definition) is 14. The van der Waals surface area contributed by atoms with E-state index in [0.29, 0.717) is 103 Å². The summed E-state index contributed by atoms with van der Waals surface area (Å²) in [6.07, 6.45) is -1.27. The van der Waals surface area contributed by atoms with Gasteiger partial charge in [0.15, 0.2) is 0 Å². The van der Waals surface area contributed by atoms with E-state index in [-0.39, 0.29) is 52.9 Å². The van der Waals surface area contributed by atoms with E-state index >= 15 is 0 Å². The van der Waals surface area contributed by atoms with Gasteiger partial charge in [-0.2, -0.15) is 13.2 Å². The highest BCUT2D eigenvalue weighted by atomic mass is 19.4. The fourth-order valence-corrected chi connectivity index (χ4v) is 7.58. The van der Waals surface area contributed by atoms with Crippen molar-refractivity contribution in [2.24, 2.45) is 0 Å². The van der Waals surface area contributed by atoms with Gasteiger partial charge in [0, 0.05) is 37.1 Å². The summed E-state index contributed by atoms with van der Waals surface area (Å²) in [6, 6.07) is 7.46. The smallest absolute Gasteiger partial charge is 0.416 e. The molecule has 4 atom stereocenters. The Balaban J connectivity index is 1.04. The molecule has 64 heavy (non-hydrogen) atoms. The number of ether oxygens (including phenoxy) is 5. The van der Waals surface area contributed by atoms with Crippen LogP contribution >= 0.6 is 0 Å². The number of nitrogens with zero attached hydrogens (tertiary/aromatic N) is 5. The molecule has 17 nitrogen and oxygen atoms in total. The maximum Gasteiger partial charge on any atom is 0.416 e. The van der Waals surface area contributed by atoms with Crippen LogP contribution in [0.2, 0.25) is 0 Å². The minimum Gasteiger partial charge on any atom is -0.444 e. The van der Waals surface area contributed by atoms with Crippen molar-refractivity contribution in [3.8, 4) is 0 Å². The van der Waals surface area contributed by atoms with E-state index in [2.05, 4.69) is 62.0 Å². The number of carbonyl (C=O) groups excluding carboxylic acids is 3. The van der Waals surface area contributed by atoms with Crippen molar-refractivity contribution >= 4 is 40.4 Å². The van der Waals surface area contributed by atoms with Crippen LogP contribution in [0.5, 0.6) is 0 Å². The summed E-state index contributed by atoms with van der Waals surface area (Å²) < 4.78 is 68.0. The second-order valence-electron chi connectivity index (χ2n) is 17.1. The predicted molar refractivity (Wildman–Crippen MR) is 234 cm³/mol. The van der Waals surface area contributed by atoms with E-state index in [1.165, 1.54) is 12.4 Å². The first-order valence-electron chi connectivity index (χ1n) is 21.9. The molecule has 0 spiro atoms. The number of aromatic nitrogens is 3. The summed E-state index contributed by atoms with van der Waals surface area (Å²) >= 11 is 0. The lowest BCUT2D eigenvalue weighted by molar-refractivity contribution is -0.137. The van der Waals surface area contributed by atoms with Gasteiger partial charge in [0.2, 0.25) is 5.91 Å². The molecule has 3 aromatic rings. The molecule has 1 saturated carbocycles. The molecule has 5 rings (SSSR count). The first kappa shape index (κ1) is 50.1. The van der Waals surface area contributed by atoms with E-state index in [9.17, 15) is 27.6 Å². The van der Waals surface area contributed by atoms with Crippen molar-refractivity contribution in [3.63, 3.8) is 0 Å². The lowest BCUT2D eigenvalue weighted by atomic mass is 9.84. The van der Waals surface area contributed by atoms with Gasteiger partial charge in [-0.25, -0.2) is 19.7 Å². The number of rotatable bonds is 23. The van der Waals surface area contributed by atoms with Crippen LogP contribution in [0.3, 0.4) is 0 Å². The molecule has 20 heteroatoms. The summed E-state index contributed by atoms with van der Waals surface area (Å²) in [5, 5.41) is 12.3. The number of halogens is 3. The minimum atomic E-state index is -4.55. The minimum absolute atomic E-state index is 0.157. The monoisotopic (exact) mass is 903 g/mol. The Morgan fingerprint density at radius 2 is 1.56 bits per heavy atom. The Hall–Kier alpha value is -4.89. The molecule has 0 bridgehead atoms. The SMILES string of the molecule is CC(C)N(C)[C@@H]1CC[C@H](N2CC[C@H](Nc3ncnc4ccc(C(F)(F)F)cc34)C2=O)[C@H](NC(=O)c2cccc(NCCOCCOCCOCCOCCNC(=O)OC(C)(C)C)n2)C1. The van der Waals surface area contributed by atoms with Gasteiger partial charge in [-0.1, -0.05) is 6.07 Å². The third-order valence-corrected chi connectivity index (χ3v) is 11.0. The number of pyridine rings is 1. The number of alkyl carbamates (subject to hydrolysis) is 1. The predicted octanol–water partition coefficient (Wildman–Crippen LogP) is 5.12. The summed E-state index contributed by atoms with van der Waals surface area (Å²) in [5.74, 6) is 0.101. The highest BCUT2D eigenvalue weighted by molar-refractivity contribution is 5.94. The van der Waals surface area contributed by atoms with E-state index in [0.717, 1.165) is 18.6 Å². The Bertz CT molecular complexity index is 1970. The normalized spacial score (nSPS) is 19.4. The molecule has 1 aliphatic carbocycles. The maximum atomic E-state index is 14.0. The van der Waals surface area contributed by atoms with Gasteiger partial charge < -0.3 is 54.8 Å². The third kappa shape index (κ3) is 15.4. The van der Waals surface area contributed by atoms with Crippen molar-refractivity contribution < 1.29 is 51.2 Å². The molecule has 4 N–H and O–H groups in total.